The number of benzene rings is 11. The number of para-hydroxylation sites is 2. The van der Waals surface area contributed by atoms with Gasteiger partial charge < -0.3 is 13.7 Å². The van der Waals surface area contributed by atoms with Crippen LogP contribution < -0.4 is 0 Å². The molecule has 0 radical (unpaired) electrons. The molecule has 3 aromatic heterocycles. The lowest BCUT2D eigenvalue weighted by Gasteiger charge is -2.20. The smallest absolute Gasteiger partial charge is 0.104 e. The molecule has 0 unspecified atom stereocenters. The van der Waals surface area contributed by atoms with Crippen LogP contribution in [0.5, 0.6) is 0 Å². The molecule has 0 aliphatic carbocycles. The Bertz CT molecular complexity index is 4230. The van der Waals surface area contributed by atoms with Gasteiger partial charge in [0.25, 0.3) is 0 Å². The molecular weight excluding hydrogens is 861 g/mol. The van der Waals surface area contributed by atoms with Crippen LogP contribution in [0.1, 0.15) is 5.56 Å². The molecule has 0 fully saturated rings. The second-order valence-corrected chi connectivity index (χ2v) is 18.4. The van der Waals surface area contributed by atoms with Crippen molar-refractivity contribution in [2.45, 2.75) is 0 Å². The topological polar surface area (TPSA) is 38.6 Å². The quantitative estimate of drug-likeness (QED) is 0.157. The Morgan fingerprint density at radius 1 is 0.268 bits per heavy atom. The lowest BCUT2D eigenvalue weighted by atomic mass is 10.0. The first-order valence-electron chi connectivity index (χ1n) is 24.1. The molecule has 4 heteroatoms. The summed E-state index contributed by atoms with van der Waals surface area (Å²) in [4.78, 5) is 0. The van der Waals surface area contributed by atoms with Crippen LogP contribution in [-0.2, 0) is 0 Å². The lowest BCUT2D eigenvalue weighted by Crippen LogP contribution is -2.08. The van der Waals surface area contributed by atoms with Gasteiger partial charge in [-0.05, 0) is 117 Å². The van der Waals surface area contributed by atoms with E-state index in [1.807, 2.05) is 6.07 Å². The second-order valence-electron chi connectivity index (χ2n) is 18.4. The first-order valence-corrected chi connectivity index (χ1v) is 24.1. The van der Waals surface area contributed by atoms with Crippen LogP contribution in [0.15, 0.2) is 255 Å². The van der Waals surface area contributed by atoms with Crippen molar-refractivity contribution in [3.63, 3.8) is 0 Å². The zero-order chi connectivity index (χ0) is 47.0. The molecule has 14 rings (SSSR count). The molecule has 0 saturated heterocycles. The van der Waals surface area contributed by atoms with Crippen molar-refractivity contribution >= 4 is 65.4 Å². The Hall–Kier alpha value is -9.69. The van der Waals surface area contributed by atoms with E-state index < -0.39 is 0 Å². The van der Waals surface area contributed by atoms with E-state index in [1.165, 1.54) is 0 Å². The molecule has 0 spiro atoms. The maximum Gasteiger partial charge on any atom is 0.104 e. The zero-order valence-electron chi connectivity index (χ0n) is 38.5. The molecule has 4 nitrogen and oxygen atoms in total. The molecule has 14 aromatic rings. The van der Waals surface area contributed by atoms with Gasteiger partial charge in [0.05, 0.1) is 44.5 Å². The number of aromatic nitrogens is 3. The van der Waals surface area contributed by atoms with E-state index in [0.29, 0.717) is 5.56 Å². The molecule has 0 saturated carbocycles. The minimum Gasteiger partial charge on any atom is -0.308 e. The molecule has 71 heavy (non-hydrogen) atoms. The Morgan fingerprint density at radius 3 is 1.03 bits per heavy atom. The summed E-state index contributed by atoms with van der Waals surface area (Å²) in [6.45, 7) is 0. The highest BCUT2D eigenvalue weighted by molar-refractivity contribution is 6.18. The molecule has 11 aromatic carbocycles. The van der Waals surface area contributed by atoms with Crippen molar-refractivity contribution in [3.8, 4) is 67.6 Å². The van der Waals surface area contributed by atoms with Crippen molar-refractivity contribution in [2.24, 2.45) is 0 Å². The summed E-state index contributed by atoms with van der Waals surface area (Å²) in [6, 6.07) is 94.1. The zero-order valence-corrected chi connectivity index (χ0v) is 38.5. The number of hydrogen-bond acceptors (Lipinski definition) is 1. The number of hydrogen-bond donors (Lipinski definition) is 0. The molecule has 0 N–H and O–H groups in total. The molecule has 0 atom stereocenters. The molecule has 330 valence electrons. The molecule has 0 bridgehead atoms. The largest absolute Gasteiger partial charge is 0.308 e. The van der Waals surface area contributed by atoms with E-state index in [-0.39, 0.29) is 0 Å². The van der Waals surface area contributed by atoms with Gasteiger partial charge in [0.2, 0.25) is 0 Å². The highest BCUT2D eigenvalue weighted by atomic mass is 15.1. The maximum atomic E-state index is 12.1. The highest BCUT2D eigenvalue weighted by Crippen LogP contribution is 2.46. The van der Waals surface area contributed by atoms with Crippen LogP contribution in [0.2, 0.25) is 0 Å². The van der Waals surface area contributed by atoms with E-state index in [9.17, 15) is 5.26 Å². The number of rotatable bonds is 7. The van der Waals surface area contributed by atoms with Gasteiger partial charge in [-0.3, -0.25) is 0 Å². The Kier molecular flexibility index (Phi) is 9.23. The molecule has 0 aliphatic heterocycles. The number of nitriles is 1. The second kappa shape index (κ2) is 16.2. The van der Waals surface area contributed by atoms with Gasteiger partial charge in [-0.1, -0.05) is 182 Å². The normalized spacial score (nSPS) is 11.6. The van der Waals surface area contributed by atoms with Gasteiger partial charge in [0.1, 0.15) is 11.6 Å². The third-order valence-corrected chi connectivity index (χ3v) is 14.5. The SMILES string of the molecule is N#Cc1c(-n2c3ccc(-c4ccccc4)cc3c3cc(-c4ccccc4)ccc32)c(-n2c3ccc(-c4ccccc4)cc3c3cc(-c4ccccc4)ccc32)cc2c3ccccc3n(-c3ccccc3)c12. The van der Waals surface area contributed by atoms with Gasteiger partial charge in [0, 0.05) is 38.0 Å². The number of fused-ring (bicyclic) bond motifs is 9. The van der Waals surface area contributed by atoms with Crippen LogP contribution in [-0.4, -0.2) is 13.7 Å². The summed E-state index contributed by atoms with van der Waals surface area (Å²) in [6.07, 6.45) is 0. The van der Waals surface area contributed by atoms with Gasteiger partial charge >= 0.3 is 0 Å². The van der Waals surface area contributed by atoms with Crippen molar-refractivity contribution in [2.75, 3.05) is 0 Å². The van der Waals surface area contributed by atoms with Gasteiger partial charge in [-0.25, -0.2) is 0 Å². The van der Waals surface area contributed by atoms with Crippen molar-refractivity contribution in [1.82, 2.24) is 13.7 Å². The van der Waals surface area contributed by atoms with E-state index in [0.717, 1.165) is 127 Å². The van der Waals surface area contributed by atoms with E-state index in [1.54, 1.807) is 0 Å². The summed E-state index contributed by atoms with van der Waals surface area (Å²) < 4.78 is 7.09. The van der Waals surface area contributed by atoms with E-state index in [4.69, 9.17) is 0 Å². The number of nitrogens with zero attached hydrogens (tertiary/aromatic N) is 4. The van der Waals surface area contributed by atoms with Crippen LogP contribution in [0.4, 0.5) is 0 Å². The molecular formula is C67H42N4. The fourth-order valence-electron chi connectivity index (χ4n) is 11.2. The van der Waals surface area contributed by atoms with E-state index >= 15 is 0 Å². The van der Waals surface area contributed by atoms with Crippen molar-refractivity contribution < 1.29 is 0 Å². The first kappa shape index (κ1) is 40.4. The predicted octanol–water partition coefficient (Wildman–Crippen LogP) is 17.5. The summed E-state index contributed by atoms with van der Waals surface area (Å²) >= 11 is 0. The summed E-state index contributed by atoms with van der Waals surface area (Å²) in [5, 5.41) is 18.7. The summed E-state index contributed by atoms with van der Waals surface area (Å²) in [5.74, 6) is 0. The van der Waals surface area contributed by atoms with Gasteiger partial charge in [0.15, 0.2) is 0 Å². The minimum atomic E-state index is 0.590. The highest BCUT2D eigenvalue weighted by Gasteiger charge is 2.28. The monoisotopic (exact) mass is 902 g/mol. The molecule has 3 heterocycles. The fourth-order valence-corrected chi connectivity index (χ4v) is 11.2. The Labute approximate surface area is 410 Å². The standard InChI is InChI=1S/C67H42N4/c68-43-59-66-58(53-28-16-17-29-60(53)69(66)52-26-14-5-15-27-52)42-65(70-61-34-30-48(44-18-6-1-7-19-44)38-54(61)55-39-49(31-35-62(55)70)45-20-8-2-9-21-45)67(59)71-63-36-32-50(46-22-10-3-11-23-46)40-56(63)57-41-51(33-37-64(57)71)47-24-12-4-13-25-47/h1-42H. The lowest BCUT2D eigenvalue weighted by molar-refractivity contribution is 1.09. The Balaban J connectivity index is 1.17. The maximum absolute atomic E-state index is 12.1. The minimum absolute atomic E-state index is 0.590. The third-order valence-electron chi connectivity index (χ3n) is 14.5. The van der Waals surface area contributed by atoms with Crippen LogP contribution in [0.3, 0.4) is 0 Å². The molecule has 0 aliphatic rings. The van der Waals surface area contributed by atoms with Crippen LogP contribution >= 0.6 is 0 Å². The predicted molar refractivity (Wildman–Crippen MR) is 296 cm³/mol. The fraction of sp³-hybridized carbons (Fsp3) is 0. The summed E-state index contributed by atoms with van der Waals surface area (Å²) in [5.41, 5.74) is 18.6. The third kappa shape index (κ3) is 6.38. The van der Waals surface area contributed by atoms with E-state index in [2.05, 4.69) is 268 Å². The summed E-state index contributed by atoms with van der Waals surface area (Å²) in [7, 11) is 0. The Morgan fingerprint density at radius 2 is 0.620 bits per heavy atom. The van der Waals surface area contributed by atoms with Gasteiger partial charge in [-0.15, -0.1) is 0 Å². The molecule has 0 amide bonds. The average molecular weight is 903 g/mol. The van der Waals surface area contributed by atoms with Crippen LogP contribution in [0.25, 0.3) is 127 Å². The van der Waals surface area contributed by atoms with Crippen molar-refractivity contribution in [3.05, 3.63) is 260 Å². The van der Waals surface area contributed by atoms with Crippen LogP contribution in [0, 0.1) is 11.3 Å². The first-order chi connectivity index (χ1) is 35.2. The average Bonchev–Trinajstić information content (AvgIpc) is 4.08. The van der Waals surface area contributed by atoms with Gasteiger partial charge in [-0.2, -0.15) is 5.26 Å². The van der Waals surface area contributed by atoms with Crippen molar-refractivity contribution in [1.29, 1.82) is 5.26 Å².